The third-order valence-electron chi connectivity index (χ3n) is 3.40. The Morgan fingerprint density at radius 2 is 2.16 bits per heavy atom. The van der Waals surface area contributed by atoms with Crippen molar-refractivity contribution < 1.29 is 4.74 Å². The Balaban J connectivity index is 2.43. The van der Waals surface area contributed by atoms with Gasteiger partial charge in [-0.3, -0.25) is 0 Å². The van der Waals surface area contributed by atoms with Crippen LogP contribution in [0.15, 0.2) is 36.8 Å². The van der Waals surface area contributed by atoms with Crippen LogP contribution in [-0.4, -0.2) is 23.7 Å². The van der Waals surface area contributed by atoms with Gasteiger partial charge in [0.25, 0.3) is 0 Å². The van der Waals surface area contributed by atoms with Gasteiger partial charge < -0.3 is 14.6 Å². The second-order valence-electron chi connectivity index (χ2n) is 5.13. The maximum atomic E-state index is 5.18. The van der Waals surface area contributed by atoms with Gasteiger partial charge in [-0.25, -0.2) is 4.98 Å². The number of methoxy groups -OCH3 is 1. The summed E-state index contributed by atoms with van der Waals surface area (Å²) in [6.07, 6.45) is 3.75. The van der Waals surface area contributed by atoms with E-state index < -0.39 is 0 Å². The third kappa shape index (κ3) is 2.85. The standard InChI is InChI=1S/C15H21N3O/c1-15(2,16-3)14-9-17-11-18(14)13-7-5-6-12(8-13)10-19-4/h5-9,11,16H,10H2,1-4H3. The lowest BCUT2D eigenvalue weighted by Crippen LogP contribution is -2.35. The molecule has 0 atom stereocenters. The van der Waals surface area contributed by atoms with Gasteiger partial charge in [-0.15, -0.1) is 0 Å². The molecule has 0 aliphatic heterocycles. The highest BCUT2D eigenvalue weighted by Gasteiger charge is 2.22. The number of ether oxygens (including phenoxy) is 1. The first-order valence-electron chi connectivity index (χ1n) is 6.38. The van der Waals surface area contributed by atoms with Gasteiger partial charge in [0.2, 0.25) is 0 Å². The van der Waals surface area contributed by atoms with E-state index in [4.69, 9.17) is 4.74 Å². The molecule has 1 N–H and O–H groups in total. The molecular weight excluding hydrogens is 238 g/mol. The van der Waals surface area contributed by atoms with Crippen LogP contribution in [0.3, 0.4) is 0 Å². The van der Waals surface area contributed by atoms with Crippen molar-refractivity contribution in [3.63, 3.8) is 0 Å². The molecule has 2 aromatic rings. The normalized spacial score (nSPS) is 11.8. The predicted molar refractivity (Wildman–Crippen MR) is 76.4 cm³/mol. The van der Waals surface area contributed by atoms with Crippen molar-refractivity contribution in [3.05, 3.63) is 48.0 Å². The molecule has 0 bridgehead atoms. The molecule has 4 nitrogen and oxygen atoms in total. The summed E-state index contributed by atoms with van der Waals surface area (Å²) in [5, 5.41) is 3.31. The number of hydrogen-bond donors (Lipinski definition) is 1. The average Bonchev–Trinajstić information content (AvgIpc) is 2.89. The molecule has 0 amide bonds. The summed E-state index contributed by atoms with van der Waals surface area (Å²) in [5.74, 6) is 0. The highest BCUT2D eigenvalue weighted by atomic mass is 16.5. The summed E-state index contributed by atoms with van der Waals surface area (Å²) in [4.78, 5) is 4.28. The fourth-order valence-electron chi connectivity index (χ4n) is 2.05. The Morgan fingerprint density at radius 1 is 1.37 bits per heavy atom. The predicted octanol–water partition coefficient (Wildman–Crippen LogP) is 2.47. The SMILES string of the molecule is CNC(C)(C)c1cncn1-c1cccc(COC)c1. The van der Waals surface area contributed by atoms with Gasteiger partial charge in [0.1, 0.15) is 0 Å². The molecule has 0 spiro atoms. The van der Waals surface area contributed by atoms with Crippen LogP contribution in [-0.2, 0) is 16.9 Å². The second-order valence-corrected chi connectivity index (χ2v) is 5.13. The van der Waals surface area contributed by atoms with E-state index in [9.17, 15) is 0 Å². The molecule has 0 saturated carbocycles. The molecule has 0 aliphatic rings. The average molecular weight is 259 g/mol. The van der Waals surface area contributed by atoms with E-state index in [2.05, 4.69) is 46.9 Å². The molecular formula is C15H21N3O. The number of imidazole rings is 1. The van der Waals surface area contributed by atoms with Crippen LogP contribution in [0.2, 0.25) is 0 Å². The van der Waals surface area contributed by atoms with E-state index in [1.807, 2.05) is 25.6 Å². The zero-order valence-corrected chi connectivity index (χ0v) is 12.0. The monoisotopic (exact) mass is 259 g/mol. The molecule has 2 rings (SSSR count). The molecule has 1 aromatic carbocycles. The smallest absolute Gasteiger partial charge is 0.0994 e. The van der Waals surface area contributed by atoms with E-state index in [-0.39, 0.29) is 5.54 Å². The van der Waals surface area contributed by atoms with Gasteiger partial charge in [0, 0.05) is 12.8 Å². The molecule has 0 unspecified atom stereocenters. The van der Waals surface area contributed by atoms with E-state index in [1.54, 1.807) is 7.11 Å². The number of benzene rings is 1. The summed E-state index contributed by atoms with van der Waals surface area (Å²) in [6, 6.07) is 8.31. The van der Waals surface area contributed by atoms with Crippen LogP contribution < -0.4 is 5.32 Å². The molecule has 102 valence electrons. The van der Waals surface area contributed by atoms with Gasteiger partial charge in [-0.1, -0.05) is 12.1 Å². The van der Waals surface area contributed by atoms with Crippen molar-refractivity contribution in [2.45, 2.75) is 26.0 Å². The van der Waals surface area contributed by atoms with Crippen LogP contribution in [0.25, 0.3) is 5.69 Å². The zero-order valence-electron chi connectivity index (χ0n) is 12.0. The second kappa shape index (κ2) is 5.55. The van der Waals surface area contributed by atoms with Crippen LogP contribution >= 0.6 is 0 Å². The van der Waals surface area contributed by atoms with Crippen molar-refractivity contribution in [3.8, 4) is 5.69 Å². The molecule has 19 heavy (non-hydrogen) atoms. The number of rotatable bonds is 5. The first-order chi connectivity index (χ1) is 9.08. The molecule has 0 aliphatic carbocycles. The van der Waals surface area contributed by atoms with E-state index >= 15 is 0 Å². The lowest BCUT2D eigenvalue weighted by atomic mass is 10.0. The molecule has 1 aromatic heterocycles. The van der Waals surface area contributed by atoms with Crippen molar-refractivity contribution in [1.82, 2.24) is 14.9 Å². The van der Waals surface area contributed by atoms with Crippen molar-refractivity contribution >= 4 is 0 Å². The van der Waals surface area contributed by atoms with Gasteiger partial charge >= 0.3 is 0 Å². The Bertz CT molecular complexity index is 546. The number of aromatic nitrogens is 2. The minimum Gasteiger partial charge on any atom is -0.380 e. The molecule has 0 saturated heterocycles. The highest BCUT2D eigenvalue weighted by molar-refractivity contribution is 5.38. The van der Waals surface area contributed by atoms with Gasteiger partial charge in [0.05, 0.1) is 30.4 Å². The number of nitrogens with zero attached hydrogens (tertiary/aromatic N) is 2. The number of hydrogen-bond acceptors (Lipinski definition) is 3. The lowest BCUT2D eigenvalue weighted by Gasteiger charge is -2.25. The van der Waals surface area contributed by atoms with Crippen LogP contribution in [0.1, 0.15) is 25.1 Å². The topological polar surface area (TPSA) is 39.1 Å². The first-order valence-corrected chi connectivity index (χ1v) is 6.38. The summed E-state index contributed by atoms with van der Waals surface area (Å²) in [6.45, 7) is 4.90. The Labute approximate surface area is 114 Å². The van der Waals surface area contributed by atoms with Crippen LogP contribution in [0.4, 0.5) is 0 Å². The third-order valence-corrected chi connectivity index (χ3v) is 3.40. The molecule has 1 heterocycles. The molecule has 0 radical (unpaired) electrons. The van der Waals surface area contributed by atoms with Crippen molar-refractivity contribution in [1.29, 1.82) is 0 Å². The van der Waals surface area contributed by atoms with Gasteiger partial charge in [0.15, 0.2) is 0 Å². The first kappa shape index (κ1) is 13.8. The fraction of sp³-hybridized carbons (Fsp3) is 0.400. The molecule has 0 fully saturated rings. The lowest BCUT2D eigenvalue weighted by molar-refractivity contribution is 0.185. The summed E-state index contributed by atoms with van der Waals surface area (Å²) < 4.78 is 7.29. The fourth-order valence-corrected chi connectivity index (χ4v) is 2.05. The zero-order chi connectivity index (χ0) is 13.9. The van der Waals surface area contributed by atoms with E-state index in [1.165, 1.54) is 0 Å². The van der Waals surface area contributed by atoms with E-state index in [0.29, 0.717) is 6.61 Å². The minimum atomic E-state index is -0.131. The van der Waals surface area contributed by atoms with Gasteiger partial charge in [-0.05, 0) is 38.6 Å². The Kier molecular flexibility index (Phi) is 4.02. The van der Waals surface area contributed by atoms with Gasteiger partial charge in [-0.2, -0.15) is 0 Å². The maximum absolute atomic E-state index is 5.18. The Morgan fingerprint density at radius 3 is 2.84 bits per heavy atom. The summed E-state index contributed by atoms with van der Waals surface area (Å²) in [7, 11) is 3.66. The highest BCUT2D eigenvalue weighted by Crippen LogP contribution is 2.23. The van der Waals surface area contributed by atoms with Crippen molar-refractivity contribution in [2.24, 2.45) is 0 Å². The van der Waals surface area contributed by atoms with Crippen LogP contribution in [0, 0.1) is 0 Å². The Hall–Kier alpha value is -1.65. The maximum Gasteiger partial charge on any atom is 0.0994 e. The summed E-state index contributed by atoms with van der Waals surface area (Å²) in [5.41, 5.74) is 3.25. The quantitative estimate of drug-likeness (QED) is 0.896. The largest absolute Gasteiger partial charge is 0.380 e. The van der Waals surface area contributed by atoms with E-state index in [0.717, 1.165) is 16.9 Å². The molecule has 4 heteroatoms. The number of nitrogens with one attached hydrogen (secondary N) is 1. The van der Waals surface area contributed by atoms with Crippen LogP contribution in [0.5, 0.6) is 0 Å². The minimum absolute atomic E-state index is 0.131. The van der Waals surface area contributed by atoms with Crippen molar-refractivity contribution in [2.75, 3.05) is 14.2 Å². The summed E-state index contributed by atoms with van der Waals surface area (Å²) >= 11 is 0.